The van der Waals surface area contributed by atoms with Crippen LogP contribution in [0.4, 0.5) is 0 Å². The Morgan fingerprint density at radius 1 is 0.197 bits per heavy atom. The average Bonchev–Trinajstić information content (AvgIpc) is 3.32. The molecule has 0 unspecified atom stereocenters. The monoisotopic (exact) mass is 772 g/mol. The van der Waals surface area contributed by atoms with Gasteiger partial charge in [-0.25, -0.2) is 0 Å². The zero-order valence-electron chi connectivity index (χ0n) is 33.9. The lowest BCUT2D eigenvalue weighted by molar-refractivity contribution is 1.47. The Kier molecular flexibility index (Phi) is 8.18. The number of rotatable bonds is 5. The summed E-state index contributed by atoms with van der Waals surface area (Å²) in [5.74, 6) is 0. The van der Waals surface area contributed by atoms with Gasteiger partial charge in [0.15, 0.2) is 0 Å². The number of benzene rings is 12. The first-order valence-corrected chi connectivity index (χ1v) is 21.2. The van der Waals surface area contributed by atoms with Gasteiger partial charge in [-0.3, -0.25) is 0 Å². The summed E-state index contributed by atoms with van der Waals surface area (Å²) in [6.45, 7) is 2.16. The third kappa shape index (κ3) is 5.83. The van der Waals surface area contributed by atoms with Crippen molar-refractivity contribution in [1.82, 2.24) is 0 Å². The lowest BCUT2D eigenvalue weighted by Gasteiger charge is -2.21. The Morgan fingerprint density at radius 3 is 0.836 bits per heavy atom. The van der Waals surface area contributed by atoms with E-state index in [1.54, 1.807) is 0 Å². The van der Waals surface area contributed by atoms with Gasteiger partial charge in [-0.1, -0.05) is 200 Å². The molecule has 0 amide bonds. The molecule has 0 aliphatic rings. The van der Waals surface area contributed by atoms with E-state index in [4.69, 9.17) is 0 Å². The van der Waals surface area contributed by atoms with Crippen molar-refractivity contribution in [2.24, 2.45) is 0 Å². The molecule has 0 spiro atoms. The minimum Gasteiger partial charge on any atom is -0.0616 e. The molecule has 0 fully saturated rings. The summed E-state index contributed by atoms with van der Waals surface area (Å²) in [5, 5.41) is 15.0. The predicted molar refractivity (Wildman–Crippen MR) is 263 cm³/mol. The first-order chi connectivity index (χ1) is 30.2. The molecular formula is C61H40. The fourth-order valence-corrected chi connectivity index (χ4v) is 10.0. The van der Waals surface area contributed by atoms with Crippen molar-refractivity contribution in [3.05, 3.63) is 230 Å². The van der Waals surface area contributed by atoms with Gasteiger partial charge in [0.25, 0.3) is 0 Å². The Bertz CT molecular complexity index is 3360. The van der Waals surface area contributed by atoms with Gasteiger partial charge in [0.2, 0.25) is 0 Å². The highest BCUT2D eigenvalue weighted by molar-refractivity contribution is 6.24. The maximum atomic E-state index is 2.46. The summed E-state index contributed by atoms with van der Waals surface area (Å²) in [6, 6.07) is 83.6. The quantitative estimate of drug-likeness (QED) is 0.153. The van der Waals surface area contributed by atoms with Gasteiger partial charge < -0.3 is 0 Å². The summed E-state index contributed by atoms with van der Waals surface area (Å²) in [6.07, 6.45) is 0. The molecule has 0 aliphatic carbocycles. The van der Waals surface area contributed by atoms with Crippen molar-refractivity contribution in [3.63, 3.8) is 0 Å². The summed E-state index contributed by atoms with van der Waals surface area (Å²) >= 11 is 0. The van der Waals surface area contributed by atoms with E-state index < -0.39 is 0 Å². The number of fused-ring (bicyclic) bond motifs is 6. The summed E-state index contributed by atoms with van der Waals surface area (Å²) in [5.41, 5.74) is 13.6. The van der Waals surface area contributed by atoms with E-state index in [1.165, 1.54) is 126 Å². The van der Waals surface area contributed by atoms with Crippen LogP contribution < -0.4 is 0 Å². The maximum absolute atomic E-state index is 2.46. The molecule has 0 heteroatoms. The molecule has 0 saturated carbocycles. The fraction of sp³-hybridized carbons (Fsp3) is 0.0164. The summed E-state index contributed by atoms with van der Waals surface area (Å²) < 4.78 is 0. The van der Waals surface area contributed by atoms with Gasteiger partial charge in [-0.2, -0.15) is 0 Å². The Morgan fingerprint density at radius 2 is 0.475 bits per heavy atom. The fourth-order valence-electron chi connectivity index (χ4n) is 10.0. The van der Waals surface area contributed by atoms with Gasteiger partial charge in [-0.15, -0.1) is 0 Å². The molecule has 0 N–H and O–H groups in total. The van der Waals surface area contributed by atoms with Crippen molar-refractivity contribution in [2.45, 2.75) is 6.92 Å². The highest BCUT2D eigenvalue weighted by atomic mass is 14.2. The SMILES string of the molecule is Cc1ccc(-c2cc(-c3c4ccccc4c(-c4ccc5ccccc5c4)c4ccccc34)cc(-c3c4ccccc4c(-c4ccc5ccccc5c4)c4ccccc34)c2)cc1. The molecule has 0 heterocycles. The van der Waals surface area contributed by atoms with E-state index in [1.807, 2.05) is 0 Å². The van der Waals surface area contributed by atoms with Crippen molar-refractivity contribution in [2.75, 3.05) is 0 Å². The third-order valence-electron chi connectivity index (χ3n) is 12.8. The Balaban J connectivity index is 1.17. The standard InChI is InChI=1S/C61H40/c1-39-26-28-42(29-27-39)47-36-48(60-54-22-10-6-18-50(54)58(51-19-7-11-23-55(51)60)45-32-30-40-14-2-4-16-43(40)34-45)38-49(37-47)61-56-24-12-8-20-52(56)59(53-21-9-13-25-57(53)61)46-33-31-41-15-3-5-17-44(41)35-46/h2-38H,1H3. The highest BCUT2D eigenvalue weighted by Crippen LogP contribution is 2.49. The maximum Gasteiger partial charge on any atom is -0.00259 e. The first-order valence-electron chi connectivity index (χ1n) is 21.2. The van der Waals surface area contributed by atoms with Crippen molar-refractivity contribution in [1.29, 1.82) is 0 Å². The van der Waals surface area contributed by atoms with E-state index in [2.05, 4.69) is 231 Å². The molecule has 0 bridgehead atoms. The number of hydrogen-bond acceptors (Lipinski definition) is 0. The van der Waals surface area contributed by atoms with E-state index in [0.717, 1.165) is 0 Å². The van der Waals surface area contributed by atoms with Crippen LogP contribution in [0, 0.1) is 6.92 Å². The number of hydrogen-bond donors (Lipinski definition) is 0. The second kappa shape index (κ2) is 14.2. The zero-order chi connectivity index (χ0) is 40.4. The molecule has 12 aromatic carbocycles. The van der Waals surface area contributed by atoms with Crippen LogP contribution in [0.5, 0.6) is 0 Å². The van der Waals surface area contributed by atoms with Crippen LogP contribution in [-0.2, 0) is 0 Å². The zero-order valence-corrected chi connectivity index (χ0v) is 33.9. The van der Waals surface area contributed by atoms with Crippen molar-refractivity contribution >= 4 is 64.6 Å². The van der Waals surface area contributed by atoms with Crippen LogP contribution in [0.2, 0.25) is 0 Å². The largest absolute Gasteiger partial charge is 0.0616 e. The van der Waals surface area contributed by atoms with Crippen LogP contribution in [0.15, 0.2) is 224 Å². The van der Waals surface area contributed by atoms with Gasteiger partial charge >= 0.3 is 0 Å². The van der Waals surface area contributed by atoms with Crippen LogP contribution in [0.25, 0.3) is 120 Å². The van der Waals surface area contributed by atoms with Gasteiger partial charge in [0.1, 0.15) is 0 Å². The summed E-state index contributed by atoms with van der Waals surface area (Å²) in [4.78, 5) is 0. The van der Waals surface area contributed by atoms with Crippen LogP contribution in [0.1, 0.15) is 5.56 Å². The van der Waals surface area contributed by atoms with Gasteiger partial charge in [-0.05, 0) is 158 Å². The summed E-state index contributed by atoms with van der Waals surface area (Å²) in [7, 11) is 0. The molecular weight excluding hydrogens is 733 g/mol. The molecule has 0 radical (unpaired) electrons. The second-order valence-corrected chi connectivity index (χ2v) is 16.5. The molecule has 284 valence electrons. The molecule has 0 saturated heterocycles. The van der Waals surface area contributed by atoms with Crippen LogP contribution in [-0.4, -0.2) is 0 Å². The number of aryl methyl sites for hydroxylation is 1. The van der Waals surface area contributed by atoms with Crippen molar-refractivity contribution in [3.8, 4) is 55.6 Å². The smallest absolute Gasteiger partial charge is 0.00259 e. The molecule has 12 aromatic rings. The average molecular weight is 773 g/mol. The molecule has 61 heavy (non-hydrogen) atoms. The normalized spacial score (nSPS) is 11.7. The minimum atomic E-state index is 1.20. The van der Waals surface area contributed by atoms with E-state index in [9.17, 15) is 0 Å². The predicted octanol–water partition coefficient (Wildman–Crippen LogP) is 17.2. The van der Waals surface area contributed by atoms with Gasteiger partial charge in [0, 0.05) is 0 Å². The van der Waals surface area contributed by atoms with Crippen LogP contribution >= 0.6 is 0 Å². The third-order valence-corrected chi connectivity index (χ3v) is 12.8. The highest BCUT2D eigenvalue weighted by Gasteiger charge is 2.21. The minimum absolute atomic E-state index is 1.20. The van der Waals surface area contributed by atoms with E-state index in [-0.39, 0.29) is 0 Å². The molecule has 0 aromatic heterocycles. The first kappa shape index (κ1) is 35.2. The Labute approximate surface area is 355 Å². The van der Waals surface area contributed by atoms with Gasteiger partial charge in [0.05, 0.1) is 0 Å². The molecule has 12 rings (SSSR count). The van der Waals surface area contributed by atoms with Crippen molar-refractivity contribution < 1.29 is 0 Å². The lowest BCUT2D eigenvalue weighted by atomic mass is 9.82. The Hall–Kier alpha value is -7.80. The molecule has 0 atom stereocenters. The molecule has 0 aliphatic heterocycles. The second-order valence-electron chi connectivity index (χ2n) is 16.5. The lowest BCUT2D eigenvalue weighted by Crippen LogP contribution is -1.94. The van der Waals surface area contributed by atoms with E-state index >= 15 is 0 Å². The van der Waals surface area contributed by atoms with E-state index in [0.29, 0.717) is 0 Å². The topological polar surface area (TPSA) is 0 Å². The van der Waals surface area contributed by atoms with Crippen LogP contribution in [0.3, 0.4) is 0 Å². The molecule has 0 nitrogen and oxygen atoms in total.